The summed E-state index contributed by atoms with van der Waals surface area (Å²) in [5.74, 6) is -0.411. The SMILES string of the molecule is CCCCCCCC(=O)C(C)(N)C(O)OC.CCCCCCCCC(=O)C(C)(N)C(O)OC.CCCCCCCCCC(=O)C(C)(N)C(O)OC. The highest BCUT2D eigenvalue weighted by Gasteiger charge is 2.37. The number of rotatable bonds is 30. The van der Waals surface area contributed by atoms with Crippen LogP contribution in [0.4, 0.5) is 0 Å². The fraction of sp³-hybridized carbons (Fsp3) is 0.923. The first kappa shape index (κ1) is 54.0. The van der Waals surface area contributed by atoms with Crippen LogP contribution in [0.25, 0.3) is 0 Å². The maximum absolute atomic E-state index is 11.8. The summed E-state index contributed by atoms with van der Waals surface area (Å²) >= 11 is 0. The molecule has 0 aromatic rings. The molecule has 0 aromatic carbocycles. The molecule has 0 aliphatic carbocycles. The molecule has 0 aliphatic rings. The molecule has 0 fully saturated rings. The van der Waals surface area contributed by atoms with Gasteiger partial charge in [0.15, 0.2) is 36.2 Å². The summed E-state index contributed by atoms with van der Waals surface area (Å²) in [6.45, 7) is 11.1. The van der Waals surface area contributed by atoms with Gasteiger partial charge >= 0.3 is 0 Å². The molecule has 12 heteroatoms. The Balaban J connectivity index is -0.000000679. The van der Waals surface area contributed by atoms with Crippen LogP contribution in [0.5, 0.6) is 0 Å². The fourth-order valence-electron chi connectivity index (χ4n) is 5.15. The molecule has 0 bridgehead atoms. The molecule has 6 unspecified atom stereocenters. The minimum atomic E-state index is -1.29. The molecule has 12 nitrogen and oxygen atoms in total. The molecular weight excluding hydrogens is 654 g/mol. The molecule has 0 spiro atoms. The zero-order valence-corrected chi connectivity index (χ0v) is 34.1. The Morgan fingerprint density at radius 3 is 0.784 bits per heavy atom. The number of unbranched alkanes of at least 4 members (excludes halogenated alkanes) is 15. The summed E-state index contributed by atoms with van der Waals surface area (Å²) in [6.07, 6.45) is 17.9. The van der Waals surface area contributed by atoms with E-state index >= 15 is 0 Å². The number of hydrogen-bond donors (Lipinski definition) is 6. The molecule has 0 aliphatic heterocycles. The minimum Gasteiger partial charge on any atom is -0.366 e. The van der Waals surface area contributed by atoms with Crippen molar-refractivity contribution in [2.45, 2.75) is 212 Å². The molecule has 0 radical (unpaired) electrons. The Bertz CT molecular complexity index is 869. The maximum Gasteiger partial charge on any atom is 0.179 e. The van der Waals surface area contributed by atoms with E-state index in [0.29, 0.717) is 19.3 Å². The minimum absolute atomic E-state index is 0.134. The van der Waals surface area contributed by atoms with E-state index < -0.39 is 35.5 Å². The van der Waals surface area contributed by atoms with E-state index in [9.17, 15) is 29.7 Å². The second-order valence-electron chi connectivity index (χ2n) is 14.4. The Morgan fingerprint density at radius 1 is 0.431 bits per heavy atom. The van der Waals surface area contributed by atoms with Crippen molar-refractivity contribution in [1.29, 1.82) is 0 Å². The van der Waals surface area contributed by atoms with Crippen molar-refractivity contribution < 1.29 is 43.9 Å². The largest absolute Gasteiger partial charge is 0.366 e. The third-order valence-electron chi connectivity index (χ3n) is 9.28. The number of aliphatic hydroxyl groups is 3. The molecule has 306 valence electrons. The smallest absolute Gasteiger partial charge is 0.179 e. The second-order valence-corrected chi connectivity index (χ2v) is 14.4. The summed E-state index contributed by atoms with van der Waals surface area (Å²) in [5.41, 5.74) is 13.4. The van der Waals surface area contributed by atoms with E-state index in [-0.39, 0.29) is 17.3 Å². The lowest BCUT2D eigenvalue weighted by Gasteiger charge is -2.27. The van der Waals surface area contributed by atoms with Crippen molar-refractivity contribution in [1.82, 2.24) is 0 Å². The number of Topliss-reactive ketones (excluding diaryl/α,β-unsaturated/α-hetero) is 3. The highest BCUT2D eigenvalue weighted by molar-refractivity contribution is 5.89. The maximum atomic E-state index is 11.8. The Morgan fingerprint density at radius 2 is 0.608 bits per heavy atom. The van der Waals surface area contributed by atoms with Crippen LogP contribution in [0.15, 0.2) is 0 Å². The first-order valence-corrected chi connectivity index (χ1v) is 19.5. The van der Waals surface area contributed by atoms with Crippen molar-refractivity contribution in [3.05, 3.63) is 0 Å². The summed E-state index contributed by atoms with van der Waals surface area (Å²) in [6, 6.07) is 0. The molecule has 9 N–H and O–H groups in total. The van der Waals surface area contributed by atoms with Crippen LogP contribution in [-0.2, 0) is 28.6 Å². The standard InChI is InChI=1S/C14H29NO3.C13H27NO3.C12H25NO3/c1-4-5-6-7-8-9-10-11-12(16)14(2,15)13(17)18-3;1-4-5-6-7-8-9-10-11(15)13(2,14)12(16)17-3;1-4-5-6-7-8-9-10(14)12(2,13)11(15)16-3/h13,17H,4-11,15H2,1-3H3;12,16H,4-10,14H2,1-3H3;11,15H,4-9,13H2,1-3H3. The predicted octanol–water partition coefficient (Wildman–Crippen LogP) is 5.96. The number of carbonyl (C=O) groups is 3. The van der Waals surface area contributed by atoms with Crippen LogP contribution < -0.4 is 17.2 Å². The van der Waals surface area contributed by atoms with Gasteiger partial charge < -0.3 is 46.7 Å². The number of ketones is 3. The Hall–Kier alpha value is -1.35. The van der Waals surface area contributed by atoms with Gasteiger partial charge in [0, 0.05) is 40.6 Å². The third kappa shape index (κ3) is 25.3. The van der Waals surface area contributed by atoms with E-state index in [0.717, 1.165) is 51.4 Å². The summed E-state index contributed by atoms with van der Waals surface area (Å²) < 4.78 is 14.1. The summed E-state index contributed by atoms with van der Waals surface area (Å²) in [5, 5.41) is 28.4. The zero-order chi connectivity index (χ0) is 39.9. The van der Waals surface area contributed by atoms with E-state index in [2.05, 4.69) is 20.8 Å². The van der Waals surface area contributed by atoms with Crippen LogP contribution in [0.2, 0.25) is 0 Å². The van der Waals surface area contributed by atoms with Crippen molar-refractivity contribution in [2.24, 2.45) is 17.2 Å². The van der Waals surface area contributed by atoms with Crippen molar-refractivity contribution >= 4 is 17.3 Å². The normalized spacial score (nSPS) is 16.5. The molecule has 6 atom stereocenters. The summed E-state index contributed by atoms with van der Waals surface area (Å²) in [4.78, 5) is 35.4. The van der Waals surface area contributed by atoms with Gasteiger partial charge in [0.05, 0.1) is 0 Å². The van der Waals surface area contributed by atoms with Gasteiger partial charge in [-0.2, -0.15) is 0 Å². The van der Waals surface area contributed by atoms with E-state index in [1.54, 1.807) is 0 Å². The molecule has 0 saturated carbocycles. The number of nitrogens with two attached hydrogens (primary N) is 3. The summed E-state index contributed by atoms with van der Waals surface area (Å²) in [7, 11) is 4.02. The first-order chi connectivity index (χ1) is 23.9. The molecule has 0 aromatic heterocycles. The average Bonchev–Trinajstić information content (AvgIpc) is 3.11. The van der Waals surface area contributed by atoms with Crippen LogP contribution in [-0.4, -0.2) is 89.5 Å². The fourth-order valence-corrected chi connectivity index (χ4v) is 5.15. The van der Waals surface area contributed by atoms with Gasteiger partial charge in [0.2, 0.25) is 0 Å². The van der Waals surface area contributed by atoms with Crippen molar-refractivity contribution in [3.63, 3.8) is 0 Å². The highest BCUT2D eigenvalue weighted by atomic mass is 16.6. The van der Waals surface area contributed by atoms with Gasteiger partial charge in [-0.05, 0) is 40.0 Å². The predicted molar refractivity (Wildman–Crippen MR) is 206 cm³/mol. The number of aliphatic hydroxyl groups excluding tert-OH is 3. The van der Waals surface area contributed by atoms with Crippen LogP contribution in [0.3, 0.4) is 0 Å². The van der Waals surface area contributed by atoms with Crippen molar-refractivity contribution in [2.75, 3.05) is 21.3 Å². The van der Waals surface area contributed by atoms with E-state index in [4.69, 9.17) is 31.4 Å². The van der Waals surface area contributed by atoms with Gasteiger partial charge in [-0.15, -0.1) is 0 Å². The van der Waals surface area contributed by atoms with Gasteiger partial charge in [0.25, 0.3) is 0 Å². The zero-order valence-electron chi connectivity index (χ0n) is 34.1. The topological polar surface area (TPSA) is 218 Å². The monoisotopic (exact) mass is 736 g/mol. The lowest BCUT2D eigenvalue weighted by Crippen LogP contribution is -2.55. The van der Waals surface area contributed by atoms with Crippen LogP contribution in [0.1, 0.15) is 176 Å². The quantitative estimate of drug-likeness (QED) is 0.0372. The number of hydrogen-bond acceptors (Lipinski definition) is 12. The molecule has 0 amide bonds. The molecule has 51 heavy (non-hydrogen) atoms. The lowest BCUT2D eigenvalue weighted by atomic mass is 9.92. The first-order valence-electron chi connectivity index (χ1n) is 19.5. The number of carbonyl (C=O) groups excluding carboxylic acids is 3. The van der Waals surface area contributed by atoms with Crippen LogP contribution in [0, 0.1) is 0 Å². The Kier molecular flexibility index (Phi) is 34.0. The van der Waals surface area contributed by atoms with Crippen molar-refractivity contribution in [3.8, 4) is 0 Å². The molecular formula is C39H81N3O9. The van der Waals surface area contributed by atoms with E-state index in [1.807, 2.05) is 0 Å². The Labute approximate surface area is 311 Å². The molecule has 0 saturated heterocycles. The van der Waals surface area contributed by atoms with Gasteiger partial charge in [0.1, 0.15) is 16.6 Å². The highest BCUT2D eigenvalue weighted by Crippen LogP contribution is 2.17. The molecule has 0 heterocycles. The molecule has 0 rings (SSSR count). The van der Waals surface area contributed by atoms with E-state index in [1.165, 1.54) is 106 Å². The third-order valence-corrected chi connectivity index (χ3v) is 9.28. The number of ether oxygens (including phenoxy) is 3. The van der Waals surface area contributed by atoms with Gasteiger partial charge in [-0.25, -0.2) is 0 Å². The number of methoxy groups -OCH3 is 3. The van der Waals surface area contributed by atoms with Gasteiger partial charge in [-0.1, -0.05) is 117 Å². The lowest BCUT2D eigenvalue weighted by molar-refractivity contribution is -0.150. The second kappa shape index (κ2) is 32.1. The van der Waals surface area contributed by atoms with Gasteiger partial charge in [-0.3, -0.25) is 14.4 Å². The average molecular weight is 736 g/mol. The van der Waals surface area contributed by atoms with Crippen LogP contribution >= 0.6 is 0 Å².